The van der Waals surface area contributed by atoms with Gasteiger partial charge in [0.15, 0.2) is 0 Å². The van der Waals surface area contributed by atoms with Gasteiger partial charge in [-0.3, -0.25) is 14.5 Å². The van der Waals surface area contributed by atoms with E-state index in [-0.39, 0.29) is 11.8 Å². The van der Waals surface area contributed by atoms with Crippen LogP contribution in [-0.2, 0) is 20.7 Å². The summed E-state index contributed by atoms with van der Waals surface area (Å²) in [7, 11) is 0. The summed E-state index contributed by atoms with van der Waals surface area (Å²) in [6.07, 6.45) is 8.42. The molecule has 3 fully saturated rings. The predicted octanol–water partition coefficient (Wildman–Crippen LogP) is 3.03. The monoisotopic (exact) mass is 516 g/mol. The Labute approximate surface area is 220 Å². The topological polar surface area (TPSA) is 104 Å². The maximum Gasteiger partial charge on any atom is 0.306 e. The Balaban J connectivity index is 0.000000301. The van der Waals surface area contributed by atoms with Gasteiger partial charge >= 0.3 is 5.97 Å². The Morgan fingerprint density at radius 3 is 2.38 bits per heavy atom. The van der Waals surface area contributed by atoms with E-state index >= 15 is 0 Å². The number of carbonyl (C=O) groups is 2. The molecular formula is C28H44N4O5. The Morgan fingerprint density at radius 1 is 1.05 bits per heavy atom. The van der Waals surface area contributed by atoms with Crippen LogP contribution in [0.4, 0.5) is 5.82 Å². The molecule has 206 valence electrons. The summed E-state index contributed by atoms with van der Waals surface area (Å²) in [6, 6.07) is 2.48. The van der Waals surface area contributed by atoms with Gasteiger partial charge in [0.25, 0.3) is 0 Å². The van der Waals surface area contributed by atoms with Crippen molar-refractivity contribution in [1.29, 1.82) is 0 Å². The summed E-state index contributed by atoms with van der Waals surface area (Å²) >= 11 is 0. The molecule has 4 heterocycles. The zero-order valence-electron chi connectivity index (χ0n) is 22.5. The molecule has 9 nitrogen and oxygen atoms in total. The molecular weight excluding hydrogens is 472 g/mol. The SMILES string of the molecule is CC(=O)NC1CCC(CCN2CCN(c3nc(C)cc4c3CCO4)CC2)CC1.O=C(O)C1CCOCC1. The van der Waals surface area contributed by atoms with Gasteiger partial charge < -0.3 is 24.8 Å². The minimum Gasteiger partial charge on any atom is -0.493 e. The maximum atomic E-state index is 11.2. The van der Waals surface area contributed by atoms with Crippen LogP contribution in [0.15, 0.2) is 6.07 Å². The fourth-order valence-electron chi connectivity index (χ4n) is 5.92. The molecule has 0 spiro atoms. The second-order valence-electron chi connectivity index (χ2n) is 10.9. The number of carbonyl (C=O) groups excluding carboxylic acids is 1. The van der Waals surface area contributed by atoms with Crippen molar-refractivity contribution < 1.29 is 24.2 Å². The van der Waals surface area contributed by atoms with Gasteiger partial charge in [-0.2, -0.15) is 0 Å². The van der Waals surface area contributed by atoms with Gasteiger partial charge in [0.2, 0.25) is 5.91 Å². The van der Waals surface area contributed by atoms with Crippen molar-refractivity contribution in [2.75, 3.05) is 57.4 Å². The molecule has 0 unspecified atom stereocenters. The average molecular weight is 517 g/mol. The molecule has 1 amide bonds. The Bertz CT molecular complexity index is 904. The highest BCUT2D eigenvalue weighted by Gasteiger charge is 2.26. The number of hydrogen-bond acceptors (Lipinski definition) is 7. The number of carboxylic acid groups (broad SMARTS) is 1. The number of nitrogens with zero attached hydrogens (tertiary/aromatic N) is 3. The summed E-state index contributed by atoms with van der Waals surface area (Å²) in [5.74, 6) is 2.30. The lowest BCUT2D eigenvalue weighted by molar-refractivity contribution is -0.144. The summed E-state index contributed by atoms with van der Waals surface area (Å²) in [4.78, 5) is 31.4. The van der Waals surface area contributed by atoms with Crippen LogP contribution in [0, 0.1) is 18.8 Å². The number of aliphatic carboxylic acids is 1. The van der Waals surface area contributed by atoms with Crippen molar-refractivity contribution in [3.63, 3.8) is 0 Å². The third-order valence-corrected chi connectivity index (χ3v) is 8.15. The molecule has 1 aromatic heterocycles. The summed E-state index contributed by atoms with van der Waals surface area (Å²) < 4.78 is 10.8. The number of anilines is 1. The highest BCUT2D eigenvalue weighted by Crippen LogP contribution is 2.34. The molecule has 0 atom stereocenters. The van der Waals surface area contributed by atoms with E-state index in [1.807, 2.05) is 0 Å². The molecule has 3 aliphatic heterocycles. The number of rotatable bonds is 6. The number of pyridine rings is 1. The van der Waals surface area contributed by atoms with Crippen LogP contribution in [-0.4, -0.2) is 85.5 Å². The zero-order chi connectivity index (χ0) is 26.2. The van der Waals surface area contributed by atoms with Crippen LogP contribution < -0.4 is 15.0 Å². The van der Waals surface area contributed by atoms with E-state index in [0.29, 0.717) is 32.1 Å². The van der Waals surface area contributed by atoms with Gasteiger partial charge in [0.05, 0.1) is 12.5 Å². The first-order valence-corrected chi connectivity index (χ1v) is 14.1. The molecule has 0 bridgehead atoms. The number of carboxylic acids is 1. The Kier molecular flexibility index (Phi) is 10.0. The van der Waals surface area contributed by atoms with E-state index in [4.69, 9.17) is 19.6 Å². The van der Waals surface area contributed by atoms with Gasteiger partial charge in [-0.15, -0.1) is 0 Å². The lowest BCUT2D eigenvalue weighted by Crippen LogP contribution is -2.47. The number of aryl methyl sites for hydroxylation is 1. The Hall–Kier alpha value is -2.39. The van der Waals surface area contributed by atoms with Gasteiger partial charge in [-0.1, -0.05) is 0 Å². The van der Waals surface area contributed by atoms with Crippen molar-refractivity contribution in [3.05, 3.63) is 17.3 Å². The number of fused-ring (bicyclic) bond motifs is 1. The molecule has 9 heteroatoms. The van der Waals surface area contributed by atoms with Crippen LogP contribution in [0.1, 0.15) is 63.1 Å². The second-order valence-corrected chi connectivity index (χ2v) is 10.9. The first-order valence-electron chi connectivity index (χ1n) is 14.1. The van der Waals surface area contributed by atoms with E-state index in [1.54, 1.807) is 6.92 Å². The minimum absolute atomic E-state index is 0.113. The largest absolute Gasteiger partial charge is 0.493 e. The molecule has 1 aliphatic carbocycles. The highest BCUT2D eigenvalue weighted by atomic mass is 16.5. The van der Waals surface area contributed by atoms with Crippen molar-refractivity contribution in [2.45, 2.75) is 71.3 Å². The molecule has 1 aromatic rings. The lowest BCUT2D eigenvalue weighted by Gasteiger charge is -2.37. The quantitative estimate of drug-likeness (QED) is 0.595. The molecule has 4 aliphatic rings. The lowest BCUT2D eigenvalue weighted by atomic mass is 9.84. The number of aromatic nitrogens is 1. The smallest absolute Gasteiger partial charge is 0.306 e. The van der Waals surface area contributed by atoms with E-state index in [2.05, 4.69) is 28.1 Å². The molecule has 2 N–H and O–H groups in total. The summed E-state index contributed by atoms with van der Waals surface area (Å²) in [6.45, 7) is 11.2. The van der Waals surface area contributed by atoms with Gasteiger partial charge in [0.1, 0.15) is 11.6 Å². The van der Waals surface area contributed by atoms with Crippen LogP contribution >= 0.6 is 0 Å². The third kappa shape index (κ3) is 8.04. The molecule has 0 aromatic carbocycles. The van der Waals surface area contributed by atoms with Crippen molar-refractivity contribution in [2.24, 2.45) is 11.8 Å². The van der Waals surface area contributed by atoms with Crippen LogP contribution in [0.2, 0.25) is 0 Å². The van der Waals surface area contributed by atoms with E-state index in [1.165, 1.54) is 31.4 Å². The third-order valence-electron chi connectivity index (χ3n) is 8.15. The fraction of sp³-hybridized carbons (Fsp3) is 0.750. The Morgan fingerprint density at radius 2 is 1.76 bits per heavy atom. The van der Waals surface area contributed by atoms with Crippen LogP contribution in [0.3, 0.4) is 0 Å². The number of ether oxygens (including phenoxy) is 2. The molecule has 37 heavy (non-hydrogen) atoms. The van der Waals surface area contributed by atoms with Crippen molar-refractivity contribution >= 4 is 17.7 Å². The van der Waals surface area contributed by atoms with E-state index in [9.17, 15) is 9.59 Å². The molecule has 1 saturated carbocycles. The molecule has 0 radical (unpaired) electrons. The van der Waals surface area contributed by atoms with E-state index < -0.39 is 5.97 Å². The average Bonchev–Trinajstić information content (AvgIpc) is 3.37. The standard InChI is InChI=1S/C22H34N4O2.C6H10O3/c1-16-15-21-20(8-14-28-21)22(23-16)26-12-10-25(11-13-26)9-7-18-3-5-19(6-4-18)24-17(2)27;7-6(8)5-1-3-9-4-2-5/h15,18-19H,3-14H2,1-2H3,(H,24,27);5H,1-4H2,(H,7,8). The molecule has 5 rings (SSSR count). The normalized spacial score (nSPS) is 24.4. The number of nitrogens with one attached hydrogen (secondary N) is 1. The van der Waals surface area contributed by atoms with Crippen LogP contribution in [0.5, 0.6) is 5.75 Å². The number of hydrogen-bond donors (Lipinski definition) is 2. The maximum absolute atomic E-state index is 11.2. The van der Waals surface area contributed by atoms with Crippen molar-refractivity contribution in [3.8, 4) is 5.75 Å². The zero-order valence-corrected chi connectivity index (χ0v) is 22.5. The first-order chi connectivity index (χ1) is 17.9. The fourth-order valence-corrected chi connectivity index (χ4v) is 5.92. The first kappa shape index (κ1) is 27.6. The highest BCUT2D eigenvalue weighted by molar-refractivity contribution is 5.73. The minimum atomic E-state index is -0.682. The van der Waals surface area contributed by atoms with E-state index in [0.717, 1.165) is 75.2 Å². The van der Waals surface area contributed by atoms with Crippen molar-refractivity contribution in [1.82, 2.24) is 15.2 Å². The number of piperazine rings is 1. The summed E-state index contributed by atoms with van der Waals surface area (Å²) in [5.41, 5.74) is 2.35. The van der Waals surface area contributed by atoms with Crippen LogP contribution in [0.25, 0.3) is 0 Å². The van der Waals surface area contributed by atoms with Gasteiger partial charge in [-0.25, -0.2) is 4.98 Å². The number of amides is 1. The van der Waals surface area contributed by atoms with Gasteiger partial charge in [0, 0.05) is 76.1 Å². The summed E-state index contributed by atoms with van der Waals surface area (Å²) in [5, 5.41) is 11.6. The predicted molar refractivity (Wildman–Crippen MR) is 142 cm³/mol. The van der Waals surface area contributed by atoms with Gasteiger partial charge in [-0.05, 0) is 64.3 Å². The molecule has 2 saturated heterocycles. The second kappa shape index (κ2) is 13.4.